The highest BCUT2D eigenvalue weighted by Gasteiger charge is 2.30. The molecule has 6 heteroatoms. The highest BCUT2D eigenvalue weighted by Crippen LogP contribution is 2.34. The standard InChI is InChI=1S/C28H22F3NO2.C2H6/c1-17(2)13-24(27(33)34)22-15-25(19-9-11-23(12-10-19)28(29,30)31)32-26(16-22)21-8-7-18-5-3-4-6-20(18)14-21;1-2/h3-12,14-16,24H,1,13H2,2H3,(H,33,34);1-2H3. The average molecular weight is 492 g/mol. The molecule has 1 unspecified atom stereocenters. The fourth-order valence-corrected chi connectivity index (χ4v) is 3.92. The van der Waals surface area contributed by atoms with Crippen LogP contribution in [0.3, 0.4) is 0 Å². The van der Waals surface area contributed by atoms with E-state index in [1.165, 1.54) is 12.1 Å². The topological polar surface area (TPSA) is 50.2 Å². The number of nitrogens with zero attached hydrogens (tertiary/aromatic N) is 1. The molecule has 0 aliphatic rings. The Balaban J connectivity index is 0.00000176. The number of allylic oxidation sites excluding steroid dienone is 1. The molecule has 0 saturated heterocycles. The Morgan fingerprint density at radius 1 is 0.889 bits per heavy atom. The summed E-state index contributed by atoms with van der Waals surface area (Å²) in [4.78, 5) is 16.8. The predicted octanol–water partition coefficient (Wildman–Crippen LogP) is 8.75. The van der Waals surface area contributed by atoms with Gasteiger partial charge in [-0.1, -0.05) is 68.0 Å². The summed E-state index contributed by atoms with van der Waals surface area (Å²) in [5.41, 5.74) is 2.68. The second-order valence-corrected chi connectivity index (χ2v) is 8.36. The SMILES string of the molecule is C=C(C)CC(C(=O)O)c1cc(-c2ccc(C(F)(F)F)cc2)nc(-c2ccc3ccccc3c2)c1.CC. The minimum Gasteiger partial charge on any atom is -0.481 e. The van der Waals surface area contributed by atoms with Gasteiger partial charge in [-0.3, -0.25) is 4.79 Å². The predicted molar refractivity (Wildman–Crippen MR) is 139 cm³/mol. The highest BCUT2D eigenvalue weighted by atomic mass is 19.4. The average Bonchev–Trinajstić information content (AvgIpc) is 2.87. The first kappa shape index (κ1) is 26.7. The number of alkyl halides is 3. The van der Waals surface area contributed by atoms with Crippen LogP contribution in [0.1, 0.15) is 44.2 Å². The van der Waals surface area contributed by atoms with Crippen molar-refractivity contribution in [3.8, 4) is 22.5 Å². The molecule has 0 aliphatic carbocycles. The van der Waals surface area contributed by atoms with Crippen LogP contribution in [0.15, 0.2) is 91.0 Å². The Bertz CT molecular complexity index is 1380. The molecule has 1 heterocycles. The molecule has 1 aromatic heterocycles. The van der Waals surface area contributed by atoms with Crippen molar-refractivity contribution in [1.29, 1.82) is 0 Å². The number of fused-ring (bicyclic) bond motifs is 1. The third-order valence-electron chi connectivity index (χ3n) is 5.65. The number of aliphatic carboxylic acids is 1. The number of pyridine rings is 1. The fraction of sp³-hybridized carbons (Fsp3) is 0.200. The van der Waals surface area contributed by atoms with Crippen LogP contribution in [0, 0.1) is 0 Å². The zero-order valence-corrected chi connectivity index (χ0v) is 20.4. The van der Waals surface area contributed by atoms with Gasteiger partial charge in [-0.15, -0.1) is 6.58 Å². The van der Waals surface area contributed by atoms with Gasteiger partial charge in [0.15, 0.2) is 0 Å². The van der Waals surface area contributed by atoms with Gasteiger partial charge in [0.25, 0.3) is 0 Å². The molecule has 4 aromatic rings. The van der Waals surface area contributed by atoms with Gasteiger partial charge < -0.3 is 5.11 Å². The van der Waals surface area contributed by atoms with Crippen molar-refractivity contribution in [1.82, 2.24) is 4.98 Å². The van der Waals surface area contributed by atoms with Crippen LogP contribution in [0.25, 0.3) is 33.3 Å². The third-order valence-corrected chi connectivity index (χ3v) is 5.65. The second kappa shape index (κ2) is 11.2. The molecule has 0 bridgehead atoms. The van der Waals surface area contributed by atoms with Crippen molar-refractivity contribution in [3.05, 3.63) is 102 Å². The summed E-state index contributed by atoms with van der Waals surface area (Å²) < 4.78 is 39.1. The minimum absolute atomic E-state index is 0.239. The number of benzene rings is 3. The Kier molecular flexibility index (Phi) is 8.30. The molecule has 3 nitrogen and oxygen atoms in total. The minimum atomic E-state index is -4.44. The Hall–Kier alpha value is -3.93. The van der Waals surface area contributed by atoms with Crippen LogP contribution in [-0.4, -0.2) is 16.1 Å². The number of carboxylic acid groups (broad SMARTS) is 1. The molecule has 4 rings (SSSR count). The lowest BCUT2D eigenvalue weighted by Gasteiger charge is -2.16. The van der Waals surface area contributed by atoms with Crippen LogP contribution >= 0.6 is 0 Å². The second-order valence-electron chi connectivity index (χ2n) is 8.36. The van der Waals surface area contributed by atoms with E-state index >= 15 is 0 Å². The number of aromatic nitrogens is 1. The maximum Gasteiger partial charge on any atom is 0.416 e. The normalized spacial score (nSPS) is 11.9. The number of hydrogen-bond donors (Lipinski definition) is 1. The lowest BCUT2D eigenvalue weighted by atomic mass is 9.90. The van der Waals surface area contributed by atoms with Crippen LogP contribution in [0.5, 0.6) is 0 Å². The van der Waals surface area contributed by atoms with E-state index in [0.29, 0.717) is 28.1 Å². The molecule has 1 atom stereocenters. The number of carboxylic acids is 1. The first-order valence-corrected chi connectivity index (χ1v) is 11.7. The lowest BCUT2D eigenvalue weighted by Crippen LogP contribution is -2.12. The van der Waals surface area contributed by atoms with Crippen molar-refractivity contribution < 1.29 is 23.1 Å². The zero-order valence-electron chi connectivity index (χ0n) is 20.4. The highest BCUT2D eigenvalue weighted by molar-refractivity contribution is 5.87. The van der Waals surface area contributed by atoms with Gasteiger partial charge in [-0.2, -0.15) is 13.2 Å². The molecule has 36 heavy (non-hydrogen) atoms. The molecular weight excluding hydrogens is 463 g/mol. The van der Waals surface area contributed by atoms with E-state index in [1.807, 2.05) is 56.3 Å². The molecule has 3 aromatic carbocycles. The van der Waals surface area contributed by atoms with Crippen LogP contribution in [0.4, 0.5) is 13.2 Å². The smallest absolute Gasteiger partial charge is 0.416 e. The van der Waals surface area contributed by atoms with E-state index in [0.717, 1.165) is 28.5 Å². The van der Waals surface area contributed by atoms with E-state index in [2.05, 4.69) is 6.58 Å². The van der Waals surface area contributed by atoms with Gasteiger partial charge in [-0.25, -0.2) is 4.98 Å². The van der Waals surface area contributed by atoms with Gasteiger partial charge in [0.2, 0.25) is 0 Å². The van der Waals surface area contributed by atoms with Crippen molar-refractivity contribution in [3.63, 3.8) is 0 Å². The molecule has 0 aliphatic heterocycles. The number of halogens is 3. The molecule has 0 spiro atoms. The molecule has 0 radical (unpaired) electrons. The van der Waals surface area contributed by atoms with Gasteiger partial charge in [0.05, 0.1) is 22.9 Å². The van der Waals surface area contributed by atoms with Gasteiger partial charge in [0.1, 0.15) is 0 Å². The molecule has 0 saturated carbocycles. The van der Waals surface area contributed by atoms with Crippen molar-refractivity contribution >= 4 is 16.7 Å². The summed E-state index contributed by atoms with van der Waals surface area (Å²) in [5, 5.41) is 11.9. The Morgan fingerprint density at radius 2 is 1.44 bits per heavy atom. The maximum atomic E-state index is 13.0. The lowest BCUT2D eigenvalue weighted by molar-refractivity contribution is -0.139. The van der Waals surface area contributed by atoms with E-state index in [-0.39, 0.29) is 6.42 Å². The summed E-state index contributed by atoms with van der Waals surface area (Å²) in [5.74, 6) is -1.86. The van der Waals surface area contributed by atoms with E-state index < -0.39 is 23.6 Å². The largest absolute Gasteiger partial charge is 0.481 e. The van der Waals surface area contributed by atoms with Crippen molar-refractivity contribution in [2.24, 2.45) is 0 Å². The van der Waals surface area contributed by atoms with Crippen LogP contribution in [-0.2, 0) is 11.0 Å². The van der Waals surface area contributed by atoms with Crippen LogP contribution in [0.2, 0.25) is 0 Å². The van der Waals surface area contributed by atoms with E-state index in [4.69, 9.17) is 4.98 Å². The molecule has 1 N–H and O–H groups in total. The number of carbonyl (C=O) groups is 1. The zero-order chi connectivity index (χ0) is 26.5. The number of rotatable bonds is 6. The first-order chi connectivity index (χ1) is 17.1. The molecule has 186 valence electrons. The van der Waals surface area contributed by atoms with Gasteiger partial charge in [0, 0.05) is 11.1 Å². The summed E-state index contributed by atoms with van der Waals surface area (Å²) in [6.45, 7) is 9.61. The van der Waals surface area contributed by atoms with Crippen molar-refractivity contribution in [2.75, 3.05) is 0 Å². The summed E-state index contributed by atoms with van der Waals surface area (Å²) in [6.07, 6.45) is -4.21. The Morgan fingerprint density at radius 3 is 2.00 bits per heavy atom. The van der Waals surface area contributed by atoms with Crippen LogP contribution < -0.4 is 0 Å². The monoisotopic (exact) mass is 491 g/mol. The number of hydrogen-bond acceptors (Lipinski definition) is 2. The summed E-state index contributed by atoms with van der Waals surface area (Å²) >= 11 is 0. The van der Waals surface area contributed by atoms with Gasteiger partial charge >= 0.3 is 12.1 Å². The third kappa shape index (κ3) is 6.19. The van der Waals surface area contributed by atoms with Gasteiger partial charge in [-0.05, 0) is 60.0 Å². The molecular formula is C30H28F3NO2. The fourth-order valence-electron chi connectivity index (χ4n) is 3.92. The Labute approximate surface area is 208 Å². The van der Waals surface area contributed by atoms with E-state index in [1.54, 1.807) is 19.1 Å². The maximum absolute atomic E-state index is 13.0. The molecule has 0 amide bonds. The quantitative estimate of drug-likeness (QED) is 0.274. The van der Waals surface area contributed by atoms with E-state index in [9.17, 15) is 23.1 Å². The summed E-state index contributed by atoms with van der Waals surface area (Å²) in [7, 11) is 0. The first-order valence-electron chi connectivity index (χ1n) is 11.7. The van der Waals surface area contributed by atoms with Crippen molar-refractivity contribution in [2.45, 2.75) is 39.3 Å². The summed E-state index contributed by atoms with van der Waals surface area (Å²) in [6, 6.07) is 21.7. The molecule has 0 fully saturated rings.